The zero-order valence-corrected chi connectivity index (χ0v) is 13.0. The standard InChI is InChI=1S/C13H7Cl2NO5S/c14-9-4-3-7(6-10(9)22(15,20)21)12(17)8-2-1-5-16-11(8)13(18)19/h1-6H,(H,18,19). The van der Waals surface area contributed by atoms with E-state index in [0.29, 0.717) is 0 Å². The van der Waals surface area contributed by atoms with Crippen LogP contribution in [0.15, 0.2) is 41.4 Å². The lowest BCUT2D eigenvalue weighted by Gasteiger charge is -2.06. The Morgan fingerprint density at radius 1 is 1.18 bits per heavy atom. The molecule has 0 bridgehead atoms. The third kappa shape index (κ3) is 3.27. The zero-order chi connectivity index (χ0) is 16.5. The van der Waals surface area contributed by atoms with E-state index in [9.17, 15) is 18.0 Å². The zero-order valence-electron chi connectivity index (χ0n) is 10.7. The van der Waals surface area contributed by atoms with E-state index in [0.717, 1.165) is 6.07 Å². The molecule has 1 N–H and O–H groups in total. The minimum Gasteiger partial charge on any atom is -0.476 e. The monoisotopic (exact) mass is 359 g/mol. The van der Waals surface area contributed by atoms with Crippen LogP contribution in [0.2, 0.25) is 5.02 Å². The van der Waals surface area contributed by atoms with Gasteiger partial charge in [-0.2, -0.15) is 0 Å². The number of hydrogen-bond acceptors (Lipinski definition) is 5. The summed E-state index contributed by atoms with van der Waals surface area (Å²) in [5.74, 6) is -2.08. The van der Waals surface area contributed by atoms with E-state index in [4.69, 9.17) is 27.4 Å². The largest absolute Gasteiger partial charge is 0.476 e. The van der Waals surface area contributed by atoms with Crippen molar-refractivity contribution in [1.82, 2.24) is 4.98 Å². The van der Waals surface area contributed by atoms with Gasteiger partial charge in [-0.05, 0) is 30.3 Å². The lowest BCUT2D eigenvalue weighted by atomic mass is 10.0. The summed E-state index contributed by atoms with van der Waals surface area (Å²) in [5.41, 5.74) is -0.674. The molecule has 2 rings (SSSR count). The van der Waals surface area contributed by atoms with E-state index in [2.05, 4.69) is 4.98 Å². The molecule has 0 aliphatic carbocycles. The molecule has 0 aliphatic rings. The van der Waals surface area contributed by atoms with Crippen LogP contribution in [0.3, 0.4) is 0 Å². The van der Waals surface area contributed by atoms with Crippen molar-refractivity contribution in [1.29, 1.82) is 0 Å². The van der Waals surface area contributed by atoms with Crippen molar-refractivity contribution in [3.8, 4) is 0 Å². The van der Waals surface area contributed by atoms with Gasteiger partial charge in [0.05, 0.1) is 10.6 Å². The normalized spacial score (nSPS) is 11.2. The summed E-state index contributed by atoms with van der Waals surface area (Å²) in [5, 5.41) is 8.89. The van der Waals surface area contributed by atoms with Crippen LogP contribution in [0.4, 0.5) is 0 Å². The van der Waals surface area contributed by atoms with Gasteiger partial charge >= 0.3 is 5.97 Å². The lowest BCUT2D eigenvalue weighted by molar-refractivity contribution is 0.0686. The van der Waals surface area contributed by atoms with Crippen LogP contribution in [0.1, 0.15) is 26.4 Å². The summed E-state index contributed by atoms with van der Waals surface area (Å²) >= 11 is 5.73. The molecule has 22 heavy (non-hydrogen) atoms. The second-order valence-electron chi connectivity index (χ2n) is 4.12. The number of halogens is 2. The molecule has 0 amide bonds. The Kier molecular flexibility index (Phi) is 4.50. The van der Waals surface area contributed by atoms with Crippen LogP contribution in [0.25, 0.3) is 0 Å². The van der Waals surface area contributed by atoms with E-state index in [-0.39, 0.29) is 16.1 Å². The number of hydrogen-bond donors (Lipinski definition) is 1. The van der Waals surface area contributed by atoms with Crippen LogP contribution in [0, 0.1) is 0 Å². The number of aromatic nitrogens is 1. The molecule has 1 aromatic heterocycles. The summed E-state index contributed by atoms with van der Waals surface area (Å²) in [6.07, 6.45) is 1.23. The molecule has 0 unspecified atom stereocenters. The maximum absolute atomic E-state index is 12.4. The average Bonchev–Trinajstić information content (AvgIpc) is 2.45. The van der Waals surface area contributed by atoms with Gasteiger partial charge in [-0.15, -0.1) is 0 Å². The van der Waals surface area contributed by atoms with Gasteiger partial charge < -0.3 is 5.11 Å². The molecule has 114 valence electrons. The quantitative estimate of drug-likeness (QED) is 0.664. The molecule has 1 aromatic carbocycles. The SMILES string of the molecule is O=C(c1ccc(Cl)c(S(=O)(=O)Cl)c1)c1cccnc1C(=O)O. The summed E-state index contributed by atoms with van der Waals surface area (Å²) in [4.78, 5) is 26.7. The minimum atomic E-state index is -4.14. The van der Waals surface area contributed by atoms with Gasteiger partial charge in [0.2, 0.25) is 0 Å². The maximum Gasteiger partial charge on any atom is 0.355 e. The second kappa shape index (κ2) is 6.04. The van der Waals surface area contributed by atoms with E-state index < -0.39 is 31.4 Å². The molecule has 0 saturated heterocycles. The minimum absolute atomic E-state index is 0.0703. The number of benzene rings is 1. The second-order valence-corrected chi connectivity index (χ2v) is 7.06. The van der Waals surface area contributed by atoms with Crippen molar-refractivity contribution in [2.45, 2.75) is 4.90 Å². The summed E-state index contributed by atoms with van der Waals surface area (Å²) in [6.45, 7) is 0. The molecule has 0 aliphatic heterocycles. The smallest absolute Gasteiger partial charge is 0.355 e. The number of nitrogens with zero attached hydrogens (tertiary/aromatic N) is 1. The Labute approximate surface area is 134 Å². The molecule has 0 spiro atoms. The van der Waals surface area contributed by atoms with Crippen molar-refractivity contribution in [3.63, 3.8) is 0 Å². The van der Waals surface area contributed by atoms with Gasteiger partial charge in [-0.3, -0.25) is 4.79 Å². The summed E-state index contributed by atoms with van der Waals surface area (Å²) in [6, 6.07) is 6.14. The van der Waals surface area contributed by atoms with Crippen LogP contribution < -0.4 is 0 Å². The van der Waals surface area contributed by atoms with Gasteiger partial charge in [-0.25, -0.2) is 18.2 Å². The Bertz CT molecular complexity index is 880. The van der Waals surface area contributed by atoms with Crippen molar-refractivity contribution >= 4 is 43.1 Å². The highest BCUT2D eigenvalue weighted by molar-refractivity contribution is 8.13. The molecule has 0 radical (unpaired) electrons. The van der Waals surface area contributed by atoms with Crippen LogP contribution in [-0.2, 0) is 9.05 Å². The fraction of sp³-hybridized carbons (Fsp3) is 0. The Morgan fingerprint density at radius 3 is 2.45 bits per heavy atom. The molecule has 1 heterocycles. The highest BCUT2D eigenvalue weighted by atomic mass is 35.7. The van der Waals surface area contributed by atoms with E-state index >= 15 is 0 Å². The van der Waals surface area contributed by atoms with Gasteiger partial charge in [0.1, 0.15) is 4.90 Å². The summed E-state index contributed by atoms with van der Waals surface area (Å²) in [7, 11) is 1.10. The predicted octanol–water partition coefficient (Wildman–Crippen LogP) is 2.59. The molecule has 0 atom stereocenters. The molecular weight excluding hydrogens is 353 g/mol. The topological polar surface area (TPSA) is 101 Å². The molecule has 0 fully saturated rings. The molecule has 9 heteroatoms. The van der Waals surface area contributed by atoms with E-state index in [1.165, 1.54) is 30.5 Å². The fourth-order valence-corrected chi connectivity index (χ4v) is 3.24. The van der Waals surface area contributed by atoms with E-state index in [1.54, 1.807) is 0 Å². The van der Waals surface area contributed by atoms with Crippen molar-refractivity contribution in [3.05, 3.63) is 58.4 Å². The third-order valence-corrected chi connectivity index (χ3v) is 4.51. The van der Waals surface area contributed by atoms with Crippen molar-refractivity contribution in [2.24, 2.45) is 0 Å². The number of aromatic carboxylic acids is 1. The predicted molar refractivity (Wildman–Crippen MR) is 79.1 cm³/mol. The molecule has 0 saturated carbocycles. The number of ketones is 1. The Morgan fingerprint density at radius 2 is 1.86 bits per heavy atom. The third-order valence-electron chi connectivity index (χ3n) is 2.71. The molecule has 6 nitrogen and oxygen atoms in total. The highest BCUT2D eigenvalue weighted by Gasteiger charge is 2.22. The molecule has 2 aromatic rings. The number of pyridine rings is 1. The average molecular weight is 360 g/mol. The van der Waals surface area contributed by atoms with Gasteiger partial charge in [0.25, 0.3) is 9.05 Å². The molecular formula is C13H7Cl2NO5S. The maximum atomic E-state index is 12.4. The van der Waals surface area contributed by atoms with Crippen molar-refractivity contribution in [2.75, 3.05) is 0 Å². The Balaban J connectivity index is 2.59. The number of carbonyl (C=O) groups excluding carboxylic acids is 1. The first-order chi connectivity index (χ1) is 10.2. The number of rotatable bonds is 4. The number of carbonyl (C=O) groups is 2. The van der Waals surface area contributed by atoms with Gasteiger partial charge in [0.15, 0.2) is 11.5 Å². The first-order valence-electron chi connectivity index (χ1n) is 5.69. The van der Waals surface area contributed by atoms with Crippen LogP contribution in [-0.4, -0.2) is 30.3 Å². The lowest BCUT2D eigenvalue weighted by Crippen LogP contribution is -2.12. The number of carboxylic acid groups (broad SMARTS) is 1. The van der Waals surface area contributed by atoms with Crippen molar-refractivity contribution < 1.29 is 23.1 Å². The van der Waals surface area contributed by atoms with Crippen LogP contribution in [0.5, 0.6) is 0 Å². The summed E-state index contributed by atoms with van der Waals surface area (Å²) < 4.78 is 22.8. The highest BCUT2D eigenvalue weighted by Crippen LogP contribution is 2.27. The van der Waals surface area contributed by atoms with Gasteiger partial charge in [-0.1, -0.05) is 11.6 Å². The van der Waals surface area contributed by atoms with Gasteiger partial charge in [0, 0.05) is 22.4 Å². The first-order valence-corrected chi connectivity index (χ1v) is 8.38. The van der Waals surface area contributed by atoms with Crippen LogP contribution >= 0.6 is 22.3 Å². The first kappa shape index (κ1) is 16.4. The van der Waals surface area contributed by atoms with E-state index in [1.807, 2.05) is 0 Å². The fourth-order valence-electron chi connectivity index (χ4n) is 1.75. The Hall–Kier alpha value is -1.96. The number of carboxylic acids is 1.